The van der Waals surface area contributed by atoms with Crippen molar-refractivity contribution in [2.75, 3.05) is 0 Å². The fourth-order valence-electron chi connectivity index (χ4n) is 3.75. The van der Waals surface area contributed by atoms with Crippen LogP contribution in [-0.2, 0) is 9.59 Å². The maximum atomic E-state index is 12.4. The zero-order valence-electron chi connectivity index (χ0n) is 11.9. The van der Waals surface area contributed by atoms with Gasteiger partial charge in [0.25, 0.3) is 0 Å². The van der Waals surface area contributed by atoms with Gasteiger partial charge in [-0.25, -0.2) is 0 Å². The second kappa shape index (κ2) is 5.39. The summed E-state index contributed by atoms with van der Waals surface area (Å²) in [5, 5.41) is 0. The normalized spacial score (nSPS) is 28.1. The third-order valence-electron chi connectivity index (χ3n) is 4.83. The zero-order chi connectivity index (χ0) is 14.1. The van der Waals surface area contributed by atoms with E-state index in [0.717, 1.165) is 12.8 Å². The topological polar surface area (TPSA) is 37.4 Å². The highest BCUT2D eigenvalue weighted by Gasteiger charge is 2.41. The first-order chi connectivity index (χ1) is 9.66. The van der Waals surface area contributed by atoms with Crippen LogP contribution in [0.15, 0.2) is 30.3 Å². The molecular formula is C17H21NO2. The molecular weight excluding hydrogens is 250 g/mol. The number of hydrogen-bond donors (Lipinski definition) is 0. The second-order valence-electron chi connectivity index (χ2n) is 6.04. The smallest absolute Gasteiger partial charge is 0.223 e. The molecule has 0 aromatic heterocycles. The van der Waals surface area contributed by atoms with E-state index < -0.39 is 0 Å². The number of rotatable bonds is 2. The Kier molecular flexibility index (Phi) is 3.60. The third-order valence-corrected chi connectivity index (χ3v) is 4.83. The van der Waals surface area contributed by atoms with Gasteiger partial charge in [-0.05, 0) is 31.2 Å². The Labute approximate surface area is 120 Å². The van der Waals surface area contributed by atoms with Gasteiger partial charge in [-0.1, -0.05) is 30.3 Å². The number of carbonyl (C=O) groups is 2. The minimum absolute atomic E-state index is 0.102. The summed E-state index contributed by atoms with van der Waals surface area (Å²) in [6, 6.07) is 10.5. The van der Waals surface area contributed by atoms with Crippen molar-refractivity contribution in [3.63, 3.8) is 0 Å². The standard InChI is InChI=1S/C17H21NO2/c1-12(13-5-3-2-4-6-13)18-16-9-8-15(19)11-14(16)7-10-17(18)20/h2-6,12,14,16H,7-11H2,1H3. The van der Waals surface area contributed by atoms with Crippen molar-refractivity contribution < 1.29 is 9.59 Å². The number of amides is 1. The molecule has 1 aliphatic heterocycles. The lowest BCUT2D eigenvalue weighted by atomic mass is 9.76. The molecule has 3 rings (SSSR count). The van der Waals surface area contributed by atoms with Crippen molar-refractivity contribution in [3.05, 3.63) is 35.9 Å². The lowest BCUT2D eigenvalue weighted by molar-refractivity contribution is -0.146. The molecule has 0 N–H and O–H groups in total. The Bertz CT molecular complexity index is 511. The Balaban J connectivity index is 1.86. The molecule has 1 amide bonds. The summed E-state index contributed by atoms with van der Waals surface area (Å²) < 4.78 is 0. The van der Waals surface area contributed by atoms with E-state index in [1.807, 2.05) is 18.2 Å². The van der Waals surface area contributed by atoms with E-state index in [-0.39, 0.29) is 18.0 Å². The van der Waals surface area contributed by atoms with Gasteiger partial charge in [0.15, 0.2) is 0 Å². The first-order valence-corrected chi connectivity index (χ1v) is 7.54. The largest absolute Gasteiger partial charge is 0.333 e. The highest BCUT2D eigenvalue weighted by atomic mass is 16.2. The zero-order valence-corrected chi connectivity index (χ0v) is 11.9. The minimum atomic E-state index is 0.102. The molecule has 1 saturated carbocycles. The van der Waals surface area contributed by atoms with Gasteiger partial charge < -0.3 is 4.90 Å². The van der Waals surface area contributed by atoms with Crippen LogP contribution in [0.1, 0.15) is 50.6 Å². The summed E-state index contributed by atoms with van der Waals surface area (Å²) in [5.74, 6) is 0.991. The predicted octanol–water partition coefficient (Wildman–Crippen LogP) is 3.11. The molecule has 0 spiro atoms. The molecule has 2 aliphatic rings. The van der Waals surface area contributed by atoms with Crippen molar-refractivity contribution in [2.24, 2.45) is 5.92 Å². The van der Waals surface area contributed by atoms with E-state index in [2.05, 4.69) is 24.0 Å². The molecule has 1 heterocycles. The number of carbonyl (C=O) groups excluding carboxylic acids is 2. The molecule has 0 radical (unpaired) electrons. The van der Waals surface area contributed by atoms with Crippen molar-refractivity contribution in [3.8, 4) is 0 Å². The summed E-state index contributed by atoms with van der Waals surface area (Å²) in [4.78, 5) is 26.1. The average molecular weight is 271 g/mol. The fraction of sp³-hybridized carbons (Fsp3) is 0.529. The number of piperidine rings is 1. The van der Waals surface area contributed by atoms with Crippen molar-refractivity contribution in [2.45, 2.75) is 51.1 Å². The molecule has 1 aromatic carbocycles. The molecule has 1 aliphatic carbocycles. The number of hydrogen-bond acceptors (Lipinski definition) is 2. The van der Waals surface area contributed by atoms with Gasteiger partial charge >= 0.3 is 0 Å². The maximum absolute atomic E-state index is 12.4. The molecule has 20 heavy (non-hydrogen) atoms. The van der Waals surface area contributed by atoms with E-state index in [9.17, 15) is 9.59 Å². The second-order valence-corrected chi connectivity index (χ2v) is 6.04. The molecule has 3 heteroatoms. The van der Waals surface area contributed by atoms with Crippen molar-refractivity contribution >= 4 is 11.7 Å². The molecule has 1 aromatic rings. The monoisotopic (exact) mass is 271 g/mol. The summed E-state index contributed by atoms with van der Waals surface area (Å²) in [5.41, 5.74) is 1.18. The van der Waals surface area contributed by atoms with Gasteiger partial charge in [-0.3, -0.25) is 9.59 Å². The lowest BCUT2D eigenvalue weighted by Crippen LogP contribution is -2.51. The Morgan fingerprint density at radius 3 is 2.60 bits per heavy atom. The molecule has 3 unspecified atom stereocenters. The van der Waals surface area contributed by atoms with Crippen LogP contribution in [0.3, 0.4) is 0 Å². The van der Waals surface area contributed by atoms with E-state index in [4.69, 9.17) is 0 Å². The van der Waals surface area contributed by atoms with E-state index in [0.29, 0.717) is 31.0 Å². The van der Waals surface area contributed by atoms with Gasteiger partial charge in [-0.15, -0.1) is 0 Å². The van der Waals surface area contributed by atoms with Gasteiger partial charge in [0.1, 0.15) is 5.78 Å². The SMILES string of the molecule is CC(c1ccccc1)N1C(=O)CCC2CC(=O)CCC21. The Hall–Kier alpha value is -1.64. The van der Waals surface area contributed by atoms with Crippen LogP contribution in [0.4, 0.5) is 0 Å². The first kappa shape index (κ1) is 13.3. The minimum Gasteiger partial charge on any atom is -0.333 e. The first-order valence-electron chi connectivity index (χ1n) is 7.54. The van der Waals surface area contributed by atoms with E-state index in [1.54, 1.807) is 0 Å². The van der Waals surface area contributed by atoms with Crippen LogP contribution in [-0.4, -0.2) is 22.6 Å². The van der Waals surface area contributed by atoms with Crippen LogP contribution < -0.4 is 0 Å². The van der Waals surface area contributed by atoms with E-state index in [1.165, 1.54) is 5.56 Å². The molecule has 106 valence electrons. The van der Waals surface area contributed by atoms with Crippen LogP contribution >= 0.6 is 0 Å². The number of Topliss-reactive ketones (excluding diaryl/α,β-unsaturated/α-hetero) is 1. The van der Waals surface area contributed by atoms with Crippen LogP contribution in [0, 0.1) is 5.92 Å². The molecule has 3 atom stereocenters. The number of ketones is 1. The Morgan fingerprint density at radius 1 is 1.10 bits per heavy atom. The molecule has 3 nitrogen and oxygen atoms in total. The highest BCUT2D eigenvalue weighted by Crippen LogP contribution is 2.38. The summed E-state index contributed by atoms with van der Waals surface area (Å²) >= 11 is 0. The van der Waals surface area contributed by atoms with Crippen molar-refractivity contribution in [1.29, 1.82) is 0 Å². The van der Waals surface area contributed by atoms with Gasteiger partial charge in [0, 0.05) is 25.3 Å². The predicted molar refractivity (Wildman–Crippen MR) is 77.1 cm³/mol. The highest BCUT2D eigenvalue weighted by molar-refractivity contribution is 5.82. The lowest BCUT2D eigenvalue weighted by Gasteiger charge is -2.46. The van der Waals surface area contributed by atoms with Gasteiger partial charge in [0.2, 0.25) is 5.91 Å². The Morgan fingerprint density at radius 2 is 1.85 bits per heavy atom. The molecule has 0 bridgehead atoms. The third kappa shape index (κ3) is 2.37. The summed E-state index contributed by atoms with van der Waals surface area (Å²) in [7, 11) is 0. The molecule has 1 saturated heterocycles. The van der Waals surface area contributed by atoms with Gasteiger partial charge in [0.05, 0.1) is 6.04 Å². The number of nitrogens with zero attached hydrogens (tertiary/aromatic N) is 1. The quantitative estimate of drug-likeness (QED) is 0.829. The number of fused-ring (bicyclic) bond motifs is 1. The summed E-state index contributed by atoms with van der Waals surface area (Å²) in [6.45, 7) is 2.10. The van der Waals surface area contributed by atoms with E-state index >= 15 is 0 Å². The number of likely N-dealkylation sites (tertiary alicyclic amines) is 1. The van der Waals surface area contributed by atoms with Gasteiger partial charge in [-0.2, -0.15) is 0 Å². The van der Waals surface area contributed by atoms with Crippen LogP contribution in [0.2, 0.25) is 0 Å². The fourth-order valence-corrected chi connectivity index (χ4v) is 3.75. The van der Waals surface area contributed by atoms with Crippen molar-refractivity contribution in [1.82, 2.24) is 4.90 Å². The maximum Gasteiger partial charge on any atom is 0.223 e. The number of benzene rings is 1. The van der Waals surface area contributed by atoms with Crippen LogP contribution in [0.5, 0.6) is 0 Å². The molecule has 2 fully saturated rings. The summed E-state index contributed by atoms with van der Waals surface area (Å²) in [6.07, 6.45) is 3.60. The van der Waals surface area contributed by atoms with Crippen LogP contribution in [0.25, 0.3) is 0 Å². The average Bonchev–Trinajstić information content (AvgIpc) is 2.48.